The molecule has 0 bridgehead atoms. The lowest BCUT2D eigenvalue weighted by Crippen LogP contribution is -1.78. The van der Waals surface area contributed by atoms with E-state index in [0.29, 0.717) is 10.9 Å². The first-order valence-electron chi connectivity index (χ1n) is 3.95. The molecule has 1 N–H and O–H groups in total. The van der Waals surface area contributed by atoms with Gasteiger partial charge in [-0.15, -0.1) is 0 Å². The minimum atomic E-state index is 0.152. The fourth-order valence-corrected chi connectivity index (χ4v) is 1.78. The lowest BCUT2D eigenvalue weighted by Gasteiger charge is -1.97. The summed E-state index contributed by atoms with van der Waals surface area (Å²) in [7, 11) is 1.56. The Kier molecular flexibility index (Phi) is 2.32. The summed E-state index contributed by atoms with van der Waals surface area (Å²) in [4.78, 5) is 8.85. The molecule has 14 heavy (non-hydrogen) atoms. The highest BCUT2D eigenvalue weighted by atomic mass is 32.1. The molecule has 0 saturated carbocycles. The van der Waals surface area contributed by atoms with Crippen molar-refractivity contribution in [2.24, 2.45) is 0 Å². The van der Waals surface area contributed by atoms with Gasteiger partial charge in [0.25, 0.3) is 5.19 Å². The zero-order chi connectivity index (χ0) is 9.97. The number of ether oxygens (including phenoxy) is 1. The van der Waals surface area contributed by atoms with Gasteiger partial charge in [0.2, 0.25) is 0 Å². The van der Waals surface area contributed by atoms with E-state index in [2.05, 4.69) is 9.97 Å². The van der Waals surface area contributed by atoms with Crippen molar-refractivity contribution in [2.75, 3.05) is 7.11 Å². The summed E-state index contributed by atoms with van der Waals surface area (Å²) in [6, 6.07) is 3.27. The van der Waals surface area contributed by atoms with Gasteiger partial charge in [-0.05, 0) is 12.1 Å². The van der Waals surface area contributed by atoms with Crippen LogP contribution in [0.2, 0.25) is 0 Å². The van der Waals surface area contributed by atoms with E-state index in [1.807, 2.05) is 0 Å². The van der Waals surface area contributed by atoms with Crippen molar-refractivity contribution in [3.05, 3.63) is 24.5 Å². The lowest BCUT2D eigenvalue weighted by atomic mass is 10.3. The summed E-state index contributed by atoms with van der Waals surface area (Å²) in [5, 5.41) is 10.1. The highest BCUT2D eigenvalue weighted by Gasteiger charge is 2.09. The maximum absolute atomic E-state index is 9.52. The molecule has 0 fully saturated rings. The Bertz CT molecular complexity index is 442. The molecule has 0 radical (unpaired) electrons. The molecule has 0 spiro atoms. The predicted molar refractivity (Wildman–Crippen MR) is 53.6 cm³/mol. The fourth-order valence-electron chi connectivity index (χ4n) is 1.05. The van der Waals surface area contributed by atoms with E-state index in [4.69, 9.17) is 4.74 Å². The Morgan fingerprint density at radius 3 is 2.93 bits per heavy atom. The van der Waals surface area contributed by atoms with Crippen LogP contribution >= 0.6 is 11.3 Å². The van der Waals surface area contributed by atoms with Gasteiger partial charge in [0.15, 0.2) is 0 Å². The number of nitrogens with zero attached hydrogens (tertiary/aromatic N) is 2. The second-order valence-corrected chi connectivity index (χ2v) is 3.56. The van der Waals surface area contributed by atoms with Gasteiger partial charge in [-0.25, -0.2) is 4.98 Å². The maximum atomic E-state index is 9.52. The first-order valence-corrected chi connectivity index (χ1v) is 4.77. The number of aromatic nitrogens is 2. The quantitative estimate of drug-likeness (QED) is 0.819. The van der Waals surface area contributed by atoms with Crippen molar-refractivity contribution in [1.82, 2.24) is 9.97 Å². The second-order valence-electron chi connectivity index (χ2n) is 2.57. The number of methoxy groups -OCH3 is 1. The van der Waals surface area contributed by atoms with Crippen molar-refractivity contribution in [3.8, 4) is 21.5 Å². The summed E-state index contributed by atoms with van der Waals surface area (Å²) in [6.07, 6.45) is 3.26. The van der Waals surface area contributed by atoms with Crippen LogP contribution in [0.5, 0.6) is 10.9 Å². The van der Waals surface area contributed by atoms with E-state index in [9.17, 15) is 5.11 Å². The molecule has 5 heteroatoms. The van der Waals surface area contributed by atoms with E-state index in [-0.39, 0.29) is 5.75 Å². The summed E-state index contributed by atoms with van der Waals surface area (Å²) < 4.78 is 4.95. The molecule has 0 saturated heterocycles. The van der Waals surface area contributed by atoms with Crippen molar-refractivity contribution >= 4 is 11.3 Å². The second kappa shape index (κ2) is 3.63. The van der Waals surface area contributed by atoms with Crippen LogP contribution in [0, 0.1) is 0 Å². The average Bonchev–Trinajstić information content (AvgIpc) is 2.67. The smallest absolute Gasteiger partial charge is 0.273 e. The van der Waals surface area contributed by atoms with Crippen molar-refractivity contribution in [2.45, 2.75) is 0 Å². The summed E-state index contributed by atoms with van der Waals surface area (Å²) in [6.45, 7) is 0. The topological polar surface area (TPSA) is 55.2 Å². The Morgan fingerprint density at radius 1 is 1.43 bits per heavy atom. The Balaban J connectivity index is 2.44. The van der Waals surface area contributed by atoms with E-state index >= 15 is 0 Å². The highest BCUT2D eigenvalue weighted by Crippen LogP contribution is 2.33. The molecule has 2 aromatic rings. The van der Waals surface area contributed by atoms with Crippen LogP contribution in [-0.4, -0.2) is 22.2 Å². The first-order chi connectivity index (χ1) is 6.81. The zero-order valence-corrected chi connectivity index (χ0v) is 8.28. The van der Waals surface area contributed by atoms with Crippen molar-refractivity contribution in [3.63, 3.8) is 0 Å². The summed E-state index contributed by atoms with van der Waals surface area (Å²) in [5.74, 6) is 0.152. The van der Waals surface area contributed by atoms with Crippen LogP contribution in [0.3, 0.4) is 0 Å². The fraction of sp³-hybridized carbons (Fsp3) is 0.111. The molecule has 0 aliphatic rings. The van der Waals surface area contributed by atoms with Crippen LogP contribution in [0.1, 0.15) is 0 Å². The molecule has 4 nitrogen and oxygen atoms in total. The van der Waals surface area contributed by atoms with Gasteiger partial charge < -0.3 is 9.84 Å². The van der Waals surface area contributed by atoms with Crippen LogP contribution in [0.15, 0.2) is 24.5 Å². The van der Waals surface area contributed by atoms with Crippen LogP contribution < -0.4 is 4.74 Å². The largest absolute Gasteiger partial charge is 0.506 e. The number of hydrogen-bond acceptors (Lipinski definition) is 5. The number of hydrogen-bond donors (Lipinski definition) is 1. The molecular weight excluding hydrogens is 200 g/mol. The third-order valence-electron chi connectivity index (χ3n) is 1.68. The van der Waals surface area contributed by atoms with Gasteiger partial charge in [-0.3, -0.25) is 4.98 Å². The van der Waals surface area contributed by atoms with Crippen LogP contribution in [-0.2, 0) is 0 Å². The molecule has 2 heterocycles. The standard InChI is InChI=1S/C9H8N2O2S/c1-13-9-11-5-7(14-9)8-6(12)3-2-4-10-8/h2-5,12H,1H3. The molecule has 2 aromatic heterocycles. The summed E-state index contributed by atoms with van der Waals surface area (Å²) >= 11 is 1.34. The van der Waals surface area contributed by atoms with Gasteiger partial charge in [-0.2, -0.15) is 0 Å². The Morgan fingerprint density at radius 2 is 2.29 bits per heavy atom. The third-order valence-corrected chi connectivity index (χ3v) is 2.64. The molecule has 0 amide bonds. The van der Waals surface area contributed by atoms with E-state index in [1.54, 1.807) is 31.6 Å². The SMILES string of the molecule is COc1ncc(-c2ncccc2O)s1. The Hall–Kier alpha value is -1.62. The monoisotopic (exact) mass is 208 g/mol. The first kappa shape index (κ1) is 8.96. The van der Waals surface area contributed by atoms with Gasteiger partial charge in [0.05, 0.1) is 18.2 Å². The van der Waals surface area contributed by atoms with Gasteiger partial charge in [0.1, 0.15) is 11.4 Å². The summed E-state index contributed by atoms with van der Waals surface area (Å²) in [5.41, 5.74) is 0.535. The highest BCUT2D eigenvalue weighted by molar-refractivity contribution is 7.16. The van der Waals surface area contributed by atoms with E-state index in [1.165, 1.54) is 11.3 Å². The van der Waals surface area contributed by atoms with Gasteiger partial charge in [0, 0.05) is 6.20 Å². The molecule has 0 atom stereocenters. The minimum Gasteiger partial charge on any atom is -0.506 e. The Labute approximate surface area is 84.8 Å². The van der Waals surface area contributed by atoms with Gasteiger partial charge in [-0.1, -0.05) is 11.3 Å². The van der Waals surface area contributed by atoms with Crippen molar-refractivity contribution < 1.29 is 9.84 Å². The molecule has 0 aromatic carbocycles. The van der Waals surface area contributed by atoms with E-state index in [0.717, 1.165) is 4.88 Å². The molecule has 0 unspecified atom stereocenters. The number of pyridine rings is 1. The average molecular weight is 208 g/mol. The maximum Gasteiger partial charge on any atom is 0.273 e. The lowest BCUT2D eigenvalue weighted by molar-refractivity contribution is 0.412. The normalized spacial score (nSPS) is 10.1. The van der Waals surface area contributed by atoms with E-state index < -0.39 is 0 Å². The number of thiazole rings is 1. The predicted octanol–water partition coefficient (Wildman–Crippen LogP) is 1.92. The van der Waals surface area contributed by atoms with Crippen molar-refractivity contribution in [1.29, 1.82) is 0 Å². The molecule has 72 valence electrons. The van der Waals surface area contributed by atoms with Crippen LogP contribution in [0.4, 0.5) is 0 Å². The zero-order valence-electron chi connectivity index (χ0n) is 7.47. The molecule has 0 aliphatic carbocycles. The molecule has 0 aliphatic heterocycles. The minimum absolute atomic E-state index is 0.152. The third kappa shape index (κ3) is 1.54. The molecule has 2 rings (SSSR count). The number of aromatic hydroxyl groups is 1. The van der Waals surface area contributed by atoms with Crippen LogP contribution in [0.25, 0.3) is 10.6 Å². The van der Waals surface area contributed by atoms with Gasteiger partial charge >= 0.3 is 0 Å². The number of rotatable bonds is 2. The molecular formula is C9H8N2O2S.